The molecule has 0 spiro atoms. The van der Waals surface area contributed by atoms with Crippen molar-refractivity contribution >= 4 is 11.6 Å². The van der Waals surface area contributed by atoms with E-state index in [1.807, 2.05) is 52.1 Å². The second-order valence-electron chi connectivity index (χ2n) is 5.95. The number of para-hydroxylation sites is 1. The van der Waals surface area contributed by atoms with Gasteiger partial charge in [0.25, 0.3) is 0 Å². The molecular formula is C16H25N3O. The topological polar surface area (TPSA) is 35.6 Å². The Morgan fingerprint density at radius 3 is 2.45 bits per heavy atom. The lowest BCUT2D eigenvalue weighted by atomic mass is 9.99. The molecule has 2 rings (SSSR count). The van der Waals surface area contributed by atoms with E-state index in [-0.39, 0.29) is 5.91 Å². The lowest BCUT2D eigenvalue weighted by Crippen LogP contribution is -2.60. The van der Waals surface area contributed by atoms with Gasteiger partial charge in [0, 0.05) is 38.9 Å². The Morgan fingerprint density at radius 2 is 1.85 bits per heavy atom. The zero-order valence-corrected chi connectivity index (χ0v) is 12.9. The molecule has 1 aromatic rings. The maximum atomic E-state index is 12.9. The number of amides is 1. The van der Waals surface area contributed by atoms with Crippen LogP contribution in [-0.4, -0.2) is 49.6 Å². The van der Waals surface area contributed by atoms with E-state index in [0.29, 0.717) is 0 Å². The minimum Gasteiger partial charge on any atom is -0.314 e. The summed E-state index contributed by atoms with van der Waals surface area (Å²) in [7, 11) is 1.87. The Morgan fingerprint density at radius 1 is 1.25 bits per heavy atom. The van der Waals surface area contributed by atoms with Crippen LogP contribution in [0.25, 0.3) is 0 Å². The molecule has 1 heterocycles. The second-order valence-corrected chi connectivity index (χ2v) is 5.95. The summed E-state index contributed by atoms with van der Waals surface area (Å²) in [5.41, 5.74) is 1.64. The summed E-state index contributed by atoms with van der Waals surface area (Å²) in [6.07, 6.45) is 0. The van der Waals surface area contributed by atoms with Crippen molar-refractivity contribution in [2.75, 3.05) is 38.1 Å². The van der Waals surface area contributed by atoms with E-state index >= 15 is 0 Å². The molecule has 0 bridgehead atoms. The van der Waals surface area contributed by atoms with Gasteiger partial charge < -0.3 is 10.2 Å². The highest BCUT2D eigenvalue weighted by molar-refractivity contribution is 5.99. The number of piperazine rings is 1. The van der Waals surface area contributed by atoms with E-state index in [9.17, 15) is 4.79 Å². The van der Waals surface area contributed by atoms with Crippen LogP contribution in [0.2, 0.25) is 0 Å². The third-order valence-electron chi connectivity index (χ3n) is 4.21. The van der Waals surface area contributed by atoms with E-state index in [1.54, 1.807) is 4.90 Å². The van der Waals surface area contributed by atoms with Crippen molar-refractivity contribution in [2.45, 2.75) is 26.3 Å². The Bertz CT molecular complexity index is 478. The molecule has 1 fully saturated rings. The summed E-state index contributed by atoms with van der Waals surface area (Å²) in [6, 6.07) is 8.01. The molecule has 0 unspecified atom stereocenters. The Hall–Kier alpha value is -1.39. The molecule has 4 heteroatoms. The molecule has 0 radical (unpaired) electrons. The molecule has 1 aliphatic rings. The first-order chi connectivity index (χ1) is 9.44. The van der Waals surface area contributed by atoms with Crippen molar-refractivity contribution in [3.05, 3.63) is 29.8 Å². The number of carbonyl (C=O) groups excluding carboxylic acids is 1. The predicted molar refractivity (Wildman–Crippen MR) is 83.1 cm³/mol. The molecule has 4 nitrogen and oxygen atoms in total. The minimum absolute atomic E-state index is 0.147. The normalized spacial score (nSPS) is 17.0. The lowest BCUT2D eigenvalue weighted by molar-refractivity contribution is -0.129. The number of hydrogen-bond donors (Lipinski definition) is 1. The molecule has 20 heavy (non-hydrogen) atoms. The van der Waals surface area contributed by atoms with Gasteiger partial charge in [0.15, 0.2) is 0 Å². The third kappa shape index (κ3) is 2.86. The number of nitrogens with one attached hydrogen (secondary N) is 1. The van der Waals surface area contributed by atoms with Crippen LogP contribution in [0.4, 0.5) is 5.69 Å². The van der Waals surface area contributed by atoms with Crippen molar-refractivity contribution < 1.29 is 4.79 Å². The van der Waals surface area contributed by atoms with Crippen LogP contribution in [0, 0.1) is 6.92 Å². The summed E-state index contributed by atoms with van der Waals surface area (Å²) in [5, 5.41) is 3.33. The van der Waals surface area contributed by atoms with E-state index in [4.69, 9.17) is 0 Å². The molecule has 0 atom stereocenters. The first-order valence-electron chi connectivity index (χ1n) is 7.24. The fraction of sp³-hybridized carbons (Fsp3) is 0.562. The molecule has 1 saturated heterocycles. The summed E-state index contributed by atoms with van der Waals surface area (Å²) in [5.74, 6) is 0.147. The van der Waals surface area contributed by atoms with Gasteiger partial charge in [-0.3, -0.25) is 9.69 Å². The largest absolute Gasteiger partial charge is 0.314 e. The van der Waals surface area contributed by atoms with Crippen LogP contribution < -0.4 is 10.2 Å². The highest BCUT2D eigenvalue weighted by Crippen LogP contribution is 2.24. The van der Waals surface area contributed by atoms with Crippen LogP contribution in [0.1, 0.15) is 19.4 Å². The average Bonchev–Trinajstić information content (AvgIpc) is 2.47. The van der Waals surface area contributed by atoms with Gasteiger partial charge >= 0.3 is 0 Å². The molecule has 1 aliphatic heterocycles. The molecule has 110 valence electrons. The summed E-state index contributed by atoms with van der Waals surface area (Å²) >= 11 is 0. The first-order valence-corrected chi connectivity index (χ1v) is 7.24. The minimum atomic E-state index is -0.473. The average molecular weight is 275 g/mol. The quantitative estimate of drug-likeness (QED) is 0.911. The fourth-order valence-electron chi connectivity index (χ4n) is 2.82. The van der Waals surface area contributed by atoms with Crippen LogP contribution in [0.15, 0.2) is 24.3 Å². The van der Waals surface area contributed by atoms with E-state index in [0.717, 1.165) is 37.4 Å². The number of aryl methyl sites for hydroxylation is 1. The lowest BCUT2D eigenvalue weighted by Gasteiger charge is -2.41. The Labute approximate surface area is 121 Å². The SMILES string of the molecule is Cc1ccccc1N(C)C(=O)C(C)(C)N1CCNCC1. The highest BCUT2D eigenvalue weighted by Gasteiger charge is 2.37. The van der Waals surface area contributed by atoms with Crippen molar-refractivity contribution in [3.8, 4) is 0 Å². The first kappa shape index (κ1) is 15.0. The van der Waals surface area contributed by atoms with Gasteiger partial charge in [-0.1, -0.05) is 18.2 Å². The molecular weight excluding hydrogens is 250 g/mol. The number of anilines is 1. The van der Waals surface area contributed by atoms with Crippen molar-refractivity contribution in [2.24, 2.45) is 0 Å². The Kier molecular flexibility index (Phi) is 4.45. The number of nitrogens with zero attached hydrogens (tertiary/aromatic N) is 2. The van der Waals surface area contributed by atoms with E-state index in [1.165, 1.54) is 0 Å². The predicted octanol–water partition coefficient (Wildman–Crippen LogP) is 1.64. The van der Waals surface area contributed by atoms with E-state index in [2.05, 4.69) is 10.2 Å². The van der Waals surface area contributed by atoms with Crippen molar-refractivity contribution in [3.63, 3.8) is 0 Å². The Balaban J connectivity index is 2.19. The zero-order chi connectivity index (χ0) is 14.8. The van der Waals surface area contributed by atoms with Gasteiger partial charge in [-0.2, -0.15) is 0 Å². The van der Waals surface area contributed by atoms with E-state index < -0.39 is 5.54 Å². The summed E-state index contributed by atoms with van der Waals surface area (Å²) < 4.78 is 0. The molecule has 1 N–H and O–H groups in total. The third-order valence-corrected chi connectivity index (χ3v) is 4.21. The number of benzene rings is 1. The van der Waals surface area contributed by atoms with Crippen LogP contribution in [-0.2, 0) is 4.79 Å². The number of hydrogen-bond acceptors (Lipinski definition) is 3. The highest BCUT2D eigenvalue weighted by atomic mass is 16.2. The van der Waals surface area contributed by atoms with Crippen LogP contribution in [0.5, 0.6) is 0 Å². The molecule has 1 aromatic carbocycles. The molecule has 0 saturated carbocycles. The molecule has 0 aliphatic carbocycles. The van der Waals surface area contributed by atoms with Crippen LogP contribution >= 0.6 is 0 Å². The number of rotatable bonds is 3. The zero-order valence-electron chi connectivity index (χ0n) is 12.9. The van der Waals surface area contributed by atoms with Gasteiger partial charge in [0.2, 0.25) is 5.91 Å². The summed E-state index contributed by atoms with van der Waals surface area (Å²) in [6.45, 7) is 9.82. The van der Waals surface area contributed by atoms with Gasteiger partial charge in [0.05, 0.1) is 5.54 Å². The second kappa shape index (κ2) is 5.94. The smallest absolute Gasteiger partial charge is 0.246 e. The van der Waals surface area contributed by atoms with Crippen molar-refractivity contribution in [1.29, 1.82) is 0 Å². The maximum Gasteiger partial charge on any atom is 0.246 e. The monoisotopic (exact) mass is 275 g/mol. The maximum absolute atomic E-state index is 12.9. The molecule has 0 aromatic heterocycles. The summed E-state index contributed by atoms with van der Waals surface area (Å²) in [4.78, 5) is 16.9. The van der Waals surface area contributed by atoms with Gasteiger partial charge in [0.1, 0.15) is 0 Å². The van der Waals surface area contributed by atoms with Crippen molar-refractivity contribution in [1.82, 2.24) is 10.2 Å². The van der Waals surface area contributed by atoms with Gasteiger partial charge in [-0.15, -0.1) is 0 Å². The standard InChI is InChI=1S/C16H25N3O/c1-13-7-5-6-8-14(13)18(4)15(20)16(2,3)19-11-9-17-10-12-19/h5-8,17H,9-12H2,1-4H3. The molecule has 1 amide bonds. The number of carbonyl (C=O) groups is 1. The van der Waals surface area contributed by atoms with Gasteiger partial charge in [-0.05, 0) is 32.4 Å². The van der Waals surface area contributed by atoms with Crippen LogP contribution in [0.3, 0.4) is 0 Å². The number of likely N-dealkylation sites (N-methyl/N-ethyl adjacent to an activating group) is 1. The van der Waals surface area contributed by atoms with Gasteiger partial charge in [-0.25, -0.2) is 0 Å². The fourth-order valence-corrected chi connectivity index (χ4v) is 2.82.